The van der Waals surface area contributed by atoms with Crippen LogP contribution in [0.3, 0.4) is 0 Å². The van der Waals surface area contributed by atoms with Gasteiger partial charge < -0.3 is 5.32 Å². The molecule has 0 unspecified atom stereocenters. The Kier molecular flexibility index (Phi) is 3.69. The van der Waals surface area contributed by atoms with Gasteiger partial charge in [-0.05, 0) is 49.8 Å². The first-order valence-electron chi connectivity index (χ1n) is 8.32. The van der Waals surface area contributed by atoms with Crippen molar-refractivity contribution in [2.45, 2.75) is 38.6 Å². The summed E-state index contributed by atoms with van der Waals surface area (Å²) < 4.78 is 2.03. The smallest absolute Gasteiger partial charge is 0.236 e. The summed E-state index contributed by atoms with van der Waals surface area (Å²) in [6.45, 7) is 2.34. The number of nitrogens with zero attached hydrogens (tertiary/aromatic N) is 4. The third-order valence-electron chi connectivity index (χ3n) is 4.67. The molecule has 1 saturated carbocycles. The second kappa shape index (κ2) is 5.99. The Labute approximate surface area is 135 Å². The van der Waals surface area contributed by atoms with Gasteiger partial charge in [-0.25, -0.2) is 9.97 Å². The molecule has 0 amide bonds. The fourth-order valence-electron chi connectivity index (χ4n) is 3.30. The number of nitrogens with one attached hydrogen (secondary N) is 1. The molecule has 0 saturated heterocycles. The second-order valence-electron chi connectivity index (χ2n) is 6.41. The number of rotatable bonds is 3. The van der Waals surface area contributed by atoms with E-state index >= 15 is 0 Å². The van der Waals surface area contributed by atoms with Crippen molar-refractivity contribution in [1.29, 1.82) is 0 Å². The first kappa shape index (κ1) is 14.2. The Hall–Kier alpha value is -2.43. The topological polar surface area (TPSA) is 55.1 Å². The molecule has 1 aliphatic carbocycles. The van der Waals surface area contributed by atoms with Crippen LogP contribution >= 0.6 is 0 Å². The van der Waals surface area contributed by atoms with E-state index in [1.165, 1.54) is 25.7 Å². The molecule has 0 aromatic carbocycles. The molecule has 0 bridgehead atoms. The van der Waals surface area contributed by atoms with Crippen LogP contribution in [0.1, 0.15) is 32.6 Å². The van der Waals surface area contributed by atoms with E-state index in [9.17, 15) is 0 Å². The van der Waals surface area contributed by atoms with Gasteiger partial charge in [0.2, 0.25) is 5.78 Å². The molecule has 1 aliphatic rings. The summed E-state index contributed by atoms with van der Waals surface area (Å²) in [7, 11) is 0. The molecule has 0 radical (unpaired) electrons. The molecular formula is C18H21N5. The van der Waals surface area contributed by atoms with Crippen molar-refractivity contribution in [3.8, 4) is 11.4 Å². The molecule has 3 aromatic heterocycles. The molecule has 3 aromatic rings. The van der Waals surface area contributed by atoms with Gasteiger partial charge in [0.15, 0.2) is 0 Å². The molecule has 1 N–H and O–H groups in total. The van der Waals surface area contributed by atoms with E-state index in [0.29, 0.717) is 11.8 Å². The highest BCUT2D eigenvalue weighted by Crippen LogP contribution is 2.31. The van der Waals surface area contributed by atoms with Gasteiger partial charge in [-0.1, -0.05) is 13.0 Å². The highest BCUT2D eigenvalue weighted by molar-refractivity contribution is 5.73. The average Bonchev–Trinajstić information content (AvgIpc) is 2.96. The normalized spacial score (nSPS) is 21.4. The minimum Gasteiger partial charge on any atom is -0.367 e. The molecule has 5 nitrogen and oxygen atoms in total. The molecule has 118 valence electrons. The predicted molar refractivity (Wildman–Crippen MR) is 91.3 cm³/mol. The van der Waals surface area contributed by atoms with Crippen LogP contribution in [0.4, 0.5) is 5.82 Å². The average molecular weight is 307 g/mol. The van der Waals surface area contributed by atoms with E-state index in [2.05, 4.69) is 22.2 Å². The van der Waals surface area contributed by atoms with E-state index < -0.39 is 0 Å². The van der Waals surface area contributed by atoms with E-state index in [1.54, 1.807) is 12.4 Å². The fraction of sp³-hybridized carbons (Fsp3) is 0.389. The van der Waals surface area contributed by atoms with E-state index in [1.807, 2.05) is 34.9 Å². The first-order chi connectivity index (χ1) is 11.3. The van der Waals surface area contributed by atoms with Crippen molar-refractivity contribution in [1.82, 2.24) is 19.4 Å². The summed E-state index contributed by atoms with van der Waals surface area (Å²) in [6.07, 6.45) is 10.6. The number of anilines is 1. The molecule has 23 heavy (non-hydrogen) atoms. The van der Waals surface area contributed by atoms with E-state index in [-0.39, 0.29) is 0 Å². The largest absolute Gasteiger partial charge is 0.367 e. The zero-order chi connectivity index (χ0) is 15.6. The van der Waals surface area contributed by atoms with Crippen LogP contribution in [0.2, 0.25) is 0 Å². The number of imidazole rings is 1. The van der Waals surface area contributed by atoms with Crippen LogP contribution < -0.4 is 5.32 Å². The number of fused-ring (bicyclic) bond motifs is 1. The number of hydrogen-bond donors (Lipinski definition) is 1. The van der Waals surface area contributed by atoms with Crippen molar-refractivity contribution in [2.75, 3.05) is 5.32 Å². The maximum atomic E-state index is 4.69. The number of aromatic nitrogens is 4. The van der Waals surface area contributed by atoms with E-state index in [4.69, 9.17) is 4.98 Å². The summed E-state index contributed by atoms with van der Waals surface area (Å²) >= 11 is 0. The van der Waals surface area contributed by atoms with Gasteiger partial charge in [0.05, 0.1) is 5.69 Å². The third-order valence-corrected chi connectivity index (χ3v) is 4.67. The van der Waals surface area contributed by atoms with Crippen LogP contribution in [0.15, 0.2) is 42.9 Å². The minimum atomic E-state index is 0.494. The Morgan fingerprint density at radius 2 is 1.87 bits per heavy atom. The zero-order valence-corrected chi connectivity index (χ0v) is 13.3. The lowest BCUT2D eigenvalue weighted by Gasteiger charge is -2.27. The summed E-state index contributed by atoms with van der Waals surface area (Å²) in [6, 6.07) is 8.34. The Morgan fingerprint density at radius 1 is 1.04 bits per heavy atom. The van der Waals surface area contributed by atoms with Crippen LogP contribution in [0.25, 0.3) is 17.2 Å². The van der Waals surface area contributed by atoms with Gasteiger partial charge in [0.1, 0.15) is 11.5 Å². The summed E-state index contributed by atoms with van der Waals surface area (Å²) in [5.74, 6) is 2.55. The summed E-state index contributed by atoms with van der Waals surface area (Å²) in [4.78, 5) is 13.5. The standard InChI is InChI=1S/C18H21N5/c1-13-6-8-14(9-7-13)21-17-16(15-5-2-3-10-19-15)22-18-20-11-4-12-23(17)18/h2-5,10-14,21H,6-9H2,1H3. The zero-order valence-electron chi connectivity index (χ0n) is 13.3. The molecule has 3 heterocycles. The molecule has 4 rings (SSSR count). The Balaban J connectivity index is 1.74. The highest BCUT2D eigenvalue weighted by Gasteiger charge is 2.22. The van der Waals surface area contributed by atoms with Gasteiger partial charge in [-0.2, -0.15) is 0 Å². The second-order valence-corrected chi connectivity index (χ2v) is 6.41. The lowest BCUT2D eigenvalue weighted by molar-refractivity contribution is 0.361. The van der Waals surface area contributed by atoms with Crippen molar-refractivity contribution < 1.29 is 0 Å². The Morgan fingerprint density at radius 3 is 2.65 bits per heavy atom. The van der Waals surface area contributed by atoms with Gasteiger partial charge in [0, 0.05) is 24.6 Å². The summed E-state index contributed by atoms with van der Waals surface area (Å²) in [5.41, 5.74) is 1.76. The molecule has 1 fully saturated rings. The van der Waals surface area contributed by atoms with Crippen LogP contribution in [-0.2, 0) is 0 Å². The molecular weight excluding hydrogens is 286 g/mol. The van der Waals surface area contributed by atoms with Crippen molar-refractivity contribution in [2.24, 2.45) is 5.92 Å². The SMILES string of the molecule is CC1CCC(Nc2c(-c3ccccn3)nc3ncccn23)CC1. The van der Waals surface area contributed by atoms with Crippen LogP contribution in [0.5, 0.6) is 0 Å². The summed E-state index contributed by atoms with van der Waals surface area (Å²) in [5, 5.41) is 3.71. The van der Waals surface area contributed by atoms with Gasteiger partial charge >= 0.3 is 0 Å². The molecule has 0 aliphatic heterocycles. The lowest BCUT2D eigenvalue weighted by Crippen LogP contribution is -2.26. The van der Waals surface area contributed by atoms with Crippen molar-refractivity contribution in [3.63, 3.8) is 0 Å². The van der Waals surface area contributed by atoms with E-state index in [0.717, 1.165) is 23.1 Å². The highest BCUT2D eigenvalue weighted by atomic mass is 15.2. The van der Waals surface area contributed by atoms with Gasteiger partial charge in [0.25, 0.3) is 0 Å². The quantitative estimate of drug-likeness (QED) is 0.800. The fourth-order valence-corrected chi connectivity index (χ4v) is 3.30. The van der Waals surface area contributed by atoms with Crippen molar-refractivity contribution in [3.05, 3.63) is 42.9 Å². The van der Waals surface area contributed by atoms with Gasteiger partial charge in [-0.15, -0.1) is 0 Å². The lowest BCUT2D eigenvalue weighted by atomic mass is 9.87. The number of pyridine rings is 1. The Bertz CT molecular complexity index is 788. The van der Waals surface area contributed by atoms with Crippen LogP contribution in [-0.4, -0.2) is 25.4 Å². The molecule has 0 spiro atoms. The predicted octanol–water partition coefficient (Wildman–Crippen LogP) is 3.78. The van der Waals surface area contributed by atoms with Crippen LogP contribution in [0, 0.1) is 5.92 Å². The third kappa shape index (κ3) is 2.79. The van der Waals surface area contributed by atoms with Gasteiger partial charge in [-0.3, -0.25) is 9.38 Å². The number of hydrogen-bond acceptors (Lipinski definition) is 4. The monoisotopic (exact) mass is 307 g/mol. The maximum Gasteiger partial charge on any atom is 0.236 e. The first-order valence-corrected chi connectivity index (χ1v) is 8.32. The molecule has 0 atom stereocenters. The van der Waals surface area contributed by atoms with Crippen molar-refractivity contribution >= 4 is 11.6 Å². The minimum absolute atomic E-state index is 0.494. The maximum absolute atomic E-state index is 4.69. The molecule has 5 heteroatoms.